The molecule has 1 aliphatic carbocycles. The van der Waals surface area contributed by atoms with E-state index in [-0.39, 0.29) is 36.1 Å². The predicted octanol–water partition coefficient (Wildman–Crippen LogP) is 1.95. The summed E-state index contributed by atoms with van der Waals surface area (Å²) in [4.78, 5) is 37.7. The fourth-order valence-corrected chi connectivity index (χ4v) is 3.35. The summed E-state index contributed by atoms with van der Waals surface area (Å²) in [5.74, 6) is -1.32. The van der Waals surface area contributed by atoms with Gasteiger partial charge in [-0.15, -0.1) is 0 Å². The molecular formula is C18H19ClN2O3. The Bertz CT molecular complexity index is 658. The molecule has 1 aliphatic heterocycles. The molecule has 2 unspecified atom stereocenters. The predicted molar refractivity (Wildman–Crippen MR) is 90.2 cm³/mol. The molecule has 3 rings (SSSR count). The number of hydrogen-bond acceptors (Lipinski definition) is 3. The lowest BCUT2D eigenvalue weighted by atomic mass is 9.85. The SMILES string of the molecule is O=C(CN1C(=O)C2CC=CCC2C1=O)NCCc1ccc(Cl)cc1. The van der Waals surface area contributed by atoms with Gasteiger partial charge in [0.15, 0.2) is 0 Å². The number of likely N-dealkylation sites (tertiary alicyclic amines) is 1. The summed E-state index contributed by atoms with van der Waals surface area (Å²) in [6, 6.07) is 7.41. The van der Waals surface area contributed by atoms with Crippen LogP contribution in [-0.2, 0) is 20.8 Å². The number of halogens is 1. The quantitative estimate of drug-likeness (QED) is 0.654. The standard InChI is InChI=1S/C18H19ClN2O3/c19-13-7-5-12(6-8-13)9-10-20-16(22)11-21-17(23)14-3-1-2-4-15(14)18(21)24/h1-2,5-8,14-15H,3-4,9-11H2,(H,20,22). The number of benzene rings is 1. The van der Waals surface area contributed by atoms with Gasteiger partial charge < -0.3 is 5.32 Å². The molecule has 5 nitrogen and oxygen atoms in total. The van der Waals surface area contributed by atoms with Crippen LogP contribution >= 0.6 is 11.6 Å². The van der Waals surface area contributed by atoms with Gasteiger partial charge in [0.25, 0.3) is 0 Å². The second-order valence-corrected chi connectivity index (χ2v) is 6.58. The van der Waals surface area contributed by atoms with Gasteiger partial charge in [0.1, 0.15) is 6.54 Å². The highest BCUT2D eigenvalue weighted by Crippen LogP contribution is 2.34. The fourth-order valence-electron chi connectivity index (χ4n) is 3.22. The van der Waals surface area contributed by atoms with E-state index in [4.69, 9.17) is 11.6 Å². The Hall–Kier alpha value is -2.14. The molecule has 1 heterocycles. The summed E-state index contributed by atoms with van der Waals surface area (Å²) in [6.07, 6.45) is 5.71. The van der Waals surface area contributed by atoms with Crippen molar-refractivity contribution in [3.05, 3.63) is 47.0 Å². The van der Waals surface area contributed by atoms with E-state index >= 15 is 0 Å². The molecule has 1 fully saturated rings. The zero-order chi connectivity index (χ0) is 17.1. The largest absolute Gasteiger partial charge is 0.354 e. The number of rotatable bonds is 5. The van der Waals surface area contributed by atoms with Crippen LogP contribution in [0, 0.1) is 11.8 Å². The summed E-state index contributed by atoms with van der Waals surface area (Å²) in [6.45, 7) is 0.260. The molecule has 0 saturated carbocycles. The van der Waals surface area contributed by atoms with Crippen LogP contribution in [0.1, 0.15) is 18.4 Å². The molecule has 0 spiro atoms. The number of fused-ring (bicyclic) bond motifs is 1. The molecule has 1 saturated heterocycles. The van der Waals surface area contributed by atoms with Crippen LogP contribution in [0.3, 0.4) is 0 Å². The van der Waals surface area contributed by atoms with Crippen molar-refractivity contribution in [1.82, 2.24) is 10.2 Å². The van der Waals surface area contributed by atoms with Crippen LogP contribution in [0.2, 0.25) is 5.02 Å². The van der Waals surface area contributed by atoms with E-state index in [0.717, 1.165) is 10.5 Å². The minimum absolute atomic E-state index is 0.189. The molecule has 126 valence electrons. The molecular weight excluding hydrogens is 328 g/mol. The van der Waals surface area contributed by atoms with Gasteiger partial charge in [-0.25, -0.2) is 0 Å². The second kappa shape index (κ2) is 7.18. The van der Waals surface area contributed by atoms with Crippen LogP contribution in [0.25, 0.3) is 0 Å². The first-order valence-electron chi connectivity index (χ1n) is 8.07. The molecule has 0 radical (unpaired) electrons. The van der Waals surface area contributed by atoms with Gasteiger partial charge >= 0.3 is 0 Å². The molecule has 0 bridgehead atoms. The van der Waals surface area contributed by atoms with Crippen molar-refractivity contribution >= 4 is 29.3 Å². The summed E-state index contributed by atoms with van der Waals surface area (Å²) in [5, 5.41) is 3.43. The van der Waals surface area contributed by atoms with Gasteiger partial charge in [-0.3, -0.25) is 19.3 Å². The maximum Gasteiger partial charge on any atom is 0.240 e. The summed E-state index contributed by atoms with van der Waals surface area (Å²) in [7, 11) is 0. The number of nitrogens with zero attached hydrogens (tertiary/aromatic N) is 1. The van der Waals surface area contributed by atoms with E-state index in [1.54, 1.807) is 12.1 Å². The lowest BCUT2D eigenvalue weighted by Gasteiger charge is -2.14. The monoisotopic (exact) mass is 346 g/mol. The Morgan fingerprint density at radius 2 is 1.67 bits per heavy atom. The van der Waals surface area contributed by atoms with Crippen molar-refractivity contribution in [3.63, 3.8) is 0 Å². The molecule has 1 aromatic carbocycles. The van der Waals surface area contributed by atoms with Crippen LogP contribution in [0.15, 0.2) is 36.4 Å². The van der Waals surface area contributed by atoms with Gasteiger partial charge in [0.05, 0.1) is 11.8 Å². The zero-order valence-electron chi connectivity index (χ0n) is 13.2. The number of carbonyl (C=O) groups excluding carboxylic acids is 3. The van der Waals surface area contributed by atoms with Gasteiger partial charge in [-0.05, 0) is 37.0 Å². The third-order valence-corrected chi connectivity index (χ3v) is 4.80. The number of carbonyl (C=O) groups is 3. The van der Waals surface area contributed by atoms with Gasteiger partial charge in [-0.1, -0.05) is 35.9 Å². The Morgan fingerprint density at radius 1 is 1.08 bits per heavy atom. The Morgan fingerprint density at radius 3 is 2.25 bits per heavy atom. The molecule has 24 heavy (non-hydrogen) atoms. The van der Waals surface area contributed by atoms with E-state index < -0.39 is 0 Å². The van der Waals surface area contributed by atoms with Gasteiger partial charge in [-0.2, -0.15) is 0 Å². The van der Waals surface area contributed by atoms with Crippen molar-refractivity contribution in [1.29, 1.82) is 0 Å². The van der Waals surface area contributed by atoms with Crippen LogP contribution in [0.5, 0.6) is 0 Å². The summed E-state index contributed by atoms with van der Waals surface area (Å²) >= 11 is 5.83. The molecule has 1 N–H and O–H groups in total. The second-order valence-electron chi connectivity index (χ2n) is 6.14. The fraction of sp³-hybridized carbons (Fsp3) is 0.389. The Kier molecular flexibility index (Phi) is 5.00. The average Bonchev–Trinajstić information content (AvgIpc) is 2.82. The maximum absolute atomic E-state index is 12.3. The number of imide groups is 1. The molecule has 1 aromatic rings. The average molecular weight is 347 g/mol. The summed E-state index contributed by atoms with van der Waals surface area (Å²) in [5.41, 5.74) is 1.06. The molecule has 2 atom stereocenters. The number of hydrogen-bond donors (Lipinski definition) is 1. The van der Waals surface area contributed by atoms with E-state index in [1.165, 1.54) is 0 Å². The highest BCUT2D eigenvalue weighted by Gasteiger charge is 2.47. The van der Waals surface area contributed by atoms with Crippen molar-refractivity contribution in [2.24, 2.45) is 11.8 Å². The van der Waals surface area contributed by atoms with Crippen LogP contribution < -0.4 is 5.32 Å². The maximum atomic E-state index is 12.3. The lowest BCUT2D eigenvalue weighted by molar-refractivity contribution is -0.143. The van der Waals surface area contributed by atoms with Crippen molar-refractivity contribution in [2.45, 2.75) is 19.3 Å². The minimum Gasteiger partial charge on any atom is -0.354 e. The third-order valence-electron chi connectivity index (χ3n) is 4.55. The van der Waals surface area contributed by atoms with E-state index in [0.29, 0.717) is 30.8 Å². The number of allylic oxidation sites excluding steroid dienone is 2. The van der Waals surface area contributed by atoms with E-state index in [9.17, 15) is 14.4 Å². The van der Waals surface area contributed by atoms with Gasteiger partial charge in [0.2, 0.25) is 17.7 Å². The minimum atomic E-state index is -0.308. The highest BCUT2D eigenvalue weighted by molar-refractivity contribution is 6.30. The molecule has 0 aromatic heterocycles. The first-order valence-corrected chi connectivity index (χ1v) is 8.45. The van der Waals surface area contributed by atoms with Crippen molar-refractivity contribution < 1.29 is 14.4 Å². The Labute approximate surface area is 145 Å². The number of nitrogens with one attached hydrogen (secondary N) is 1. The van der Waals surface area contributed by atoms with E-state index in [1.807, 2.05) is 24.3 Å². The van der Waals surface area contributed by atoms with Crippen molar-refractivity contribution in [3.8, 4) is 0 Å². The molecule has 2 aliphatic rings. The van der Waals surface area contributed by atoms with E-state index in [2.05, 4.69) is 5.32 Å². The van der Waals surface area contributed by atoms with Crippen molar-refractivity contribution in [2.75, 3.05) is 13.1 Å². The number of amides is 3. The third kappa shape index (κ3) is 3.51. The Balaban J connectivity index is 1.49. The zero-order valence-corrected chi connectivity index (χ0v) is 14.0. The first kappa shape index (κ1) is 16.7. The molecule has 3 amide bonds. The smallest absolute Gasteiger partial charge is 0.240 e. The lowest BCUT2D eigenvalue weighted by Crippen LogP contribution is -2.41. The molecule has 6 heteroatoms. The van der Waals surface area contributed by atoms with Crippen LogP contribution in [-0.4, -0.2) is 35.7 Å². The highest BCUT2D eigenvalue weighted by atomic mass is 35.5. The first-order chi connectivity index (χ1) is 11.6. The van der Waals surface area contributed by atoms with Gasteiger partial charge in [0, 0.05) is 11.6 Å². The normalized spacial score (nSPS) is 22.6. The van der Waals surface area contributed by atoms with Crippen LogP contribution in [0.4, 0.5) is 0 Å². The summed E-state index contributed by atoms with van der Waals surface area (Å²) < 4.78 is 0. The topological polar surface area (TPSA) is 66.5 Å².